The number of nitrogens with zero attached hydrogens (tertiary/aromatic N) is 2. The Bertz CT molecular complexity index is 323. The third-order valence-electron chi connectivity index (χ3n) is 2.58. The molecule has 2 unspecified atom stereocenters. The zero-order valence-corrected chi connectivity index (χ0v) is 9.88. The quantitative estimate of drug-likeness (QED) is 0.708. The van der Waals surface area contributed by atoms with Crippen molar-refractivity contribution < 1.29 is 4.79 Å². The van der Waals surface area contributed by atoms with Gasteiger partial charge in [0.15, 0.2) is 0 Å². The first-order chi connectivity index (χ1) is 7.27. The first kappa shape index (κ1) is 12.9. The number of carbonyl (C=O) groups excluding carboxylic acids is 1. The molecule has 1 amide bonds. The van der Waals surface area contributed by atoms with Crippen LogP contribution in [0.2, 0.25) is 0 Å². The second-order valence-electron chi connectivity index (χ2n) is 3.75. The number of hydrogen-bond acceptors (Lipinski definition) is 4. The summed E-state index contributed by atoms with van der Waals surface area (Å²) in [5.74, 6) is 0.720. The zero-order chi connectivity index (χ0) is 10.7. The molecule has 0 bridgehead atoms. The van der Waals surface area contributed by atoms with Crippen molar-refractivity contribution in [1.82, 2.24) is 25.8 Å². The molecular weight excluding hydrogens is 230 g/mol. The highest BCUT2D eigenvalue weighted by molar-refractivity contribution is 5.85. The summed E-state index contributed by atoms with van der Waals surface area (Å²) < 4.78 is 0. The number of H-pyrrole nitrogens is 1. The second kappa shape index (κ2) is 5.81. The molecule has 16 heavy (non-hydrogen) atoms. The highest BCUT2D eigenvalue weighted by Crippen LogP contribution is 2.08. The lowest BCUT2D eigenvalue weighted by molar-refractivity contribution is -0.123. The number of aromatic nitrogens is 3. The van der Waals surface area contributed by atoms with Crippen molar-refractivity contribution in [3.05, 3.63) is 12.2 Å². The van der Waals surface area contributed by atoms with E-state index in [2.05, 4.69) is 25.8 Å². The summed E-state index contributed by atoms with van der Waals surface area (Å²) in [6.45, 7) is 2.81. The highest BCUT2D eigenvalue weighted by Gasteiger charge is 2.23. The lowest BCUT2D eigenvalue weighted by Crippen LogP contribution is -2.41. The van der Waals surface area contributed by atoms with Crippen molar-refractivity contribution in [2.75, 3.05) is 6.54 Å². The Morgan fingerprint density at radius 3 is 3.06 bits per heavy atom. The topological polar surface area (TPSA) is 82.7 Å². The molecule has 6 nitrogen and oxygen atoms in total. The molecule has 0 radical (unpaired) electrons. The Labute approximate surface area is 100 Å². The van der Waals surface area contributed by atoms with Crippen molar-refractivity contribution in [1.29, 1.82) is 0 Å². The van der Waals surface area contributed by atoms with Crippen LogP contribution in [0.1, 0.15) is 31.6 Å². The molecule has 0 aromatic carbocycles. The van der Waals surface area contributed by atoms with Crippen LogP contribution in [-0.2, 0) is 4.79 Å². The van der Waals surface area contributed by atoms with Gasteiger partial charge in [-0.25, -0.2) is 4.98 Å². The summed E-state index contributed by atoms with van der Waals surface area (Å²) in [6, 6.07) is -0.169. The van der Waals surface area contributed by atoms with Crippen molar-refractivity contribution in [2.24, 2.45) is 0 Å². The number of nitrogens with one attached hydrogen (secondary N) is 3. The fourth-order valence-electron chi connectivity index (χ4n) is 1.71. The van der Waals surface area contributed by atoms with Crippen LogP contribution in [-0.4, -0.2) is 33.7 Å². The van der Waals surface area contributed by atoms with E-state index in [4.69, 9.17) is 0 Å². The van der Waals surface area contributed by atoms with Gasteiger partial charge in [0.1, 0.15) is 12.2 Å². The largest absolute Gasteiger partial charge is 0.345 e. The van der Waals surface area contributed by atoms with Gasteiger partial charge in [-0.3, -0.25) is 9.89 Å². The molecule has 2 heterocycles. The Morgan fingerprint density at radius 1 is 1.69 bits per heavy atom. The van der Waals surface area contributed by atoms with Gasteiger partial charge in [0.2, 0.25) is 5.91 Å². The number of aromatic amines is 1. The van der Waals surface area contributed by atoms with Crippen molar-refractivity contribution in [3.63, 3.8) is 0 Å². The molecule has 1 aliphatic heterocycles. The normalized spacial score (nSPS) is 21.2. The number of rotatable bonds is 3. The van der Waals surface area contributed by atoms with Crippen LogP contribution >= 0.6 is 12.4 Å². The highest BCUT2D eigenvalue weighted by atomic mass is 35.5. The molecule has 7 heteroatoms. The standard InChI is InChI=1S/C9H15N5O.ClH/c1-6(8-11-5-12-14-8)13-9(15)7-3-2-4-10-7;/h5-7,10H,2-4H2,1H3,(H,13,15)(H,11,12,14);1H. The fourth-order valence-corrected chi connectivity index (χ4v) is 1.71. The van der Waals surface area contributed by atoms with Gasteiger partial charge in [0, 0.05) is 0 Å². The summed E-state index contributed by atoms with van der Waals surface area (Å²) in [7, 11) is 0. The van der Waals surface area contributed by atoms with Crippen LogP contribution in [0.25, 0.3) is 0 Å². The molecule has 1 aromatic rings. The maximum Gasteiger partial charge on any atom is 0.237 e. The first-order valence-corrected chi connectivity index (χ1v) is 5.16. The maximum absolute atomic E-state index is 11.7. The lowest BCUT2D eigenvalue weighted by Gasteiger charge is -2.15. The van der Waals surface area contributed by atoms with Gasteiger partial charge < -0.3 is 10.6 Å². The number of hydrogen-bond donors (Lipinski definition) is 3. The molecule has 1 aromatic heterocycles. The predicted octanol–water partition coefficient (Wildman–Crippen LogP) is 0.156. The Hall–Kier alpha value is -1.14. The van der Waals surface area contributed by atoms with Crippen molar-refractivity contribution >= 4 is 18.3 Å². The smallest absolute Gasteiger partial charge is 0.237 e. The van der Waals surface area contributed by atoms with Crippen LogP contribution in [0.5, 0.6) is 0 Å². The minimum Gasteiger partial charge on any atom is -0.345 e. The maximum atomic E-state index is 11.7. The molecule has 2 rings (SSSR count). The zero-order valence-electron chi connectivity index (χ0n) is 9.06. The molecule has 1 saturated heterocycles. The summed E-state index contributed by atoms with van der Waals surface area (Å²) in [6.07, 6.45) is 3.41. The van der Waals surface area contributed by atoms with E-state index >= 15 is 0 Å². The number of amides is 1. The van der Waals surface area contributed by atoms with Crippen LogP contribution < -0.4 is 10.6 Å². The van der Waals surface area contributed by atoms with E-state index in [0.29, 0.717) is 5.82 Å². The van der Waals surface area contributed by atoms with Gasteiger partial charge in [0.05, 0.1) is 12.1 Å². The molecule has 0 aliphatic carbocycles. The van der Waals surface area contributed by atoms with E-state index in [-0.39, 0.29) is 30.4 Å². The average Bonchev–Trinajstić information content (AvgIpc) is 2.91. The lowest BCUT2D eigenvalue weighted by atomic mass is 10.2. The molecule has 3 N–H and O–H groups in total. The minimum atomic E-state index is -0.123. The number of halogens is 1. The third kappa shape index (κ3) is 2.93. The first-order valence-electron chi connectivity index (χ1n) is 5.16. The summed E-state index contributed by atoms with van der Waals surface area (Å²) in [4.78, 5) is 15.7. The van der Waals surface area contributed by atoms with E-state index < -0.39 is 0 Å². The Balaban J connectivity index is 0.00000128. The van der Waals surface area contributed by atoms with Gasteiger partial charge in [0.25, 0.3) is 0 Å². The summed E-state index contributed by atoms with van der Waals surface area (Å²) in [5.41, 5.74) is 0. The second-order valence-corrected chi connectivity index (χ2v) is 3.75. The van der Waals surface area contributed by atoms with E-state index in [9.17, 15) is 4.79 Å². The monoisotopic (exact) mass is 245 g/mol. The fraction of sp³-hybridized carbons (Fsp3) is 0.667. The van der Waals surface area contributed by atoms with Gasteiger partial charge in [-0.15, -0.1) is 12.4 Å². The molecule has 1 fully saturated rings. The predicted molar refractivity (Wildman–Crippen MR) is 61.2 cm³/mol. The van der Waals surface area contributed by atoms with E-state index in [1.807, 2.05) is 6.92 Å². The van der Waals surface area contributed by atoms with E-state index in [1.165, 1.54) is 6.33 Å². The van der Waals surface area contributed by atoms with Crippen LogP contribution in [0.15, 0.2) is 6.33 Å². The van der Waals surface area contributed by atoms with Gasteiger partial charge in [-0.1, -0.05) is 0 Å². The third-order valence-corrected chi connectivity index (χ3v) is 2.58. The van der Waals surface area contributed by atoms with Gasteiger partial charge in [-0.2, -0.15) is 5.10 Å². The van der Waals surface area contributed by atoms with Crippen LogP contribution in [0, 0.1) is 0 Å². The average molecular weight is 246 g/mol. The Kier molecular flexibility index (Phi) is 4.70. The summed E-state index contributed by atoms with van der Waals surface area (Å²) in [5, 5.41) is 12.5. The Morgan fingerprint density at radius 2 is 2.50 bits per heavy atom. The van der Waals surface area contributed by atoms with E-state index in [1.54, 1.807) is 0 Å². The van der Waals surface area contributed by atoms with Gasteiger partial charge >= 0.3 is 0 Å². The van der Waals surface area contributed by atoms with Crippen LogP contribution in [0.3, 0.4) is 0 Å². The molecule has 1 aliphatic rings. The van der Waals surface area contributed by atoms with Crippen molar-refractivity contribution in [3.8, 4) is 0 Å². The molecule has 90 valence electrons. The molecule has 0 saturated carbocycles. The molecular formula is C9H16ClN5O. The van der Waals surface area contributed by atoms with E-state index in [0.717, 1.165) is 19.4 Å². The minimum absolute atomic E-state index is 0. The van der Waals surface area contributed by atoms with Crippen molar-refractivity contribution in [2.45, 2.75) is 31.8 Å². The SMILES string of the molecule is CC(NC(=O)C1CCCN1)c1ncn[nH]1.Cl. The van der Waals surface area contributed by atoms with Crippen LogP contribution in [0.4, 0.5) is 0 Å². The number of carbonyl (C=O) groups is 1. The molecule has 0 spiro atoms. The molecule has 2 atom stereocenters. The summed E-state index contributed by atoms with van der Waals surface area (Å²) >= 11 is 0. The van der Waals surface area contributed by atoms with Gasteiger partial charge in [-0.05, 0) is 26.3 Å².